The van der Waals surface area contributed by atoms with E-state index in [2.05, 4.69) is 136 Å². The highest BCUT2D eigenvalue weighted by Crippen LogP contribution is 2.16. The lowest BCUT2D eigenvalue weighted by molar-refractivity contribution is -0.166. The van der Waals surface area contributed by atoms with Gasteiger partial charge in [-0.05, 0) is 103 Å². The monoisotopic (exact) mass is 1020 g/mol. The number of hydrogen-bond acceptors (Lipinski definition) is 6. The molecule has 0 heterocycles. The number of hydrogen-bond donors (Lipinski definition) is 0. The summed E-state index contributed by atoms with van der Waals surface area (Å²) in [6.07, 6.45) is 84.9. The first-order chi connectivity index (χ1) is 36.5. The van der Waals surface area contributed by atoms with Crippen molar-refractivity contribution in [1.82, 2.24) is 0 Å². The molecule has 0 amide bonds. The van der Waals surface area contributed by atoms with E-state index in [4.69, 9.17) is 14.2 Å². The van der Waals surface area contributed by atoms with Crippen molar-refractivity contribution in [2.75, 3.05) is 13.2 Å². The lowest BCUT2D eigenvalue weighted by Crippen LogP contribution is -2.30. The maximum Gasteiger partial charge on any atom is 0.306 e. The molecule has 0 aliphatic heterocycles. The number of carbonyl (C=O) groups is 3. The molecule has 0 aromatic carbocycles. The van der Waals surface area contributed by atoms with E-state index in [1.165, 1.54) is 122 Å². The number of ether oxygens (including phenoxy) is 3. The maximum absolute atomic E-state index is 12.9. The van der Waals surface area contributed by atoms with E-state index in [0.717, 1.165) is 96.3 Å². The summed E-state index contributed by atoms with van der Waals surface area (Å²) in [7, 11) is 0. The Morgan fingerprint density at radius 1 is 0.284 bits per heavy atom. The minimum Gasteiger partial charge on any atom is -0.462 e. The van der Waals surface area contributed by atoms with E-state index >= 15 is 0 Å². The van der Waals surface area contributed by atoms with Gasteiger partial charge < -0.3 is 14.2 Å². The van der Waals surface area contributed by atoms with Crippen molar-refractivity contribution in [1.29, 1.82) is 0 Å². The van der Waals surface area contributed by atoms with Crippen molar-refractivity contribution in [2.24, 2.45) is 0 Å². The third-order valence-electron chi connectivity index (χ3n) is 12.7. The first-order valence-corrected chi connectivity index (χ1v) is 30.5. The average molecular weight is 1030 g/mol. The maximum atomic E-state index is 12.9. The quantitative estimate of drug-likeness (QED) is 0.0261. The second-order valence-corrected chi connectivity index (χ2v) is 19.9. The Morgan fingerprint density at radius 2 is 0.554 bits per heavy atom. The number of allylic oxidation sites excluding steroid dienone is 20. The fourth-order valence-corrected chi connectivity index (χ4v) is 8.16. The molecule has 0 saturated heterocycles. The summed E-state index contributed by atoms with van der Waals surface area (Å²) in [6.45, 7) is 6.42. The topological polar surface area (TPSA) is 78.9 Å². The van der Waals surface area contributed by atoms with Gasteiger partial charge in [0, 0.05) is 19.3 Å². The van der Waals surface area contributed by atoms with Gasteiger partial charge in [0.15, 0.2) is 6.10 Å². The van der Waals surface area contributed by atoms with Gasteiger partial charge in [-0.1, -0.05) is 271 Å². The van der Waals surface area contributed by atoms with Crippen molar-refractivity contribution >= 4 is 17.9 Å². The highest BCUT2D eigenvalue weighted by atomic mass is 16.6. The number of carbonyl (C=O) groups excluding carboxylic acids is 3. The smallest absolute Gasteiger partial charge is 0.306 e. The molecule has 0 N–H and O–H groups in total. The van der Waals surface area contributed by atoms with E-state index < -0.39 is 6.10 Å². The number of rotatable bonds is 54. The Kier molecular flexibility index (Phi) is 57.9. The third-order valence-corrected chi connectivity index (χ3v) is 12.7. The van der Waals surface area contributed by atoms with Crippen molar-refractivity contribution in [3.8, 4) is 0 Å². The van der Waals surface area contributed by atoms with Crippen molar-refractivity contribution < 1.29 is 28.6 Å². The second-order valence-electron chi connectivity index (χ2n) is 19.9. The van der Waals surface area contributed by atoms with Crippen LogP contribution in [0.5, 0.6) is 0 Å². The molecule has 0 aliphatic rings. The first kappa shape index (κ1) is 69.8. The molecule has 1 atom stereocenters. The zero-order chi connectivity index (χ0) is 53.6. The Bertz CT molecular complexity index is 1550. The highest BCUT2D eigenvalue weighted by Gasteiger charge is 2.19. The third kappa shape index (κ3) is 58.7. The molecule has 0 rings (SSSR count). The van der Waals surface area contributed by atoms with E-state index in [9.17, 15) is 14.4 Å². The molecule has 0 aliphatic carbocycles. The van der Waals surface area contributed by atoms with Gasteiger partial charge in [0.1, 0.15) is 13.2 Å². The van der Waals surface area contributed by atoms with Crippen molar-refractivity contribution in [2.45, 2.75) is 277 Å². The van der Waals surface area contributed by atoms with Crippen molar-refractivity contribution in [3.05, 3.63) is 122 Å². The zero-order valence-electron chi connectivity index (χ0n) is 48.1. The van der Waals surface area contributed by atoms with E-state index in [1.807, 2.05) is 6.08 Å². The molecule has 0 saturated carbocycles. The predicted octanol–water partition coefficient (Wildman–Crippen LogP) is 20.8. The van der Waals surface area contributed by atoms with E-state index in [1.54, 1.807) is 0 Å². The summed E-state index contributed by atoms with van der Waals surface area (Å²) in [4.78, 5) is 38.2. The number of unbranched alkanes of at least 4 members (excludes halogenated alkanes) is 23. The van der Waals surface area contributed by atoms with Crippen LogP contribution < -0.4 is 0 Å². The fraction of sp³-hybridized carbons (Fsp3) is 0.662. The molecule has 0 unspecified atom stereocenters. The predicted molar refractivity (Wildman–Crippen MR) is 320 cm³/mol. The standard InChI is InChI=1S/C68H112O6/c1-4-7-10-13-16-19-22-25-28-31-34-37-40-43-46-49-52-55-58-61-67(70)73-64-65(63-72-66(69)60-57-54-51-48-45-42-39-36-33-30-27-24-21-18-15-12-9-6-3)74-68(71)62-59-56-53-50-47-44-41-38-35-32-29-26-23-20-17-14-11-8-5-2/h7,10,16-17,19-20,25-26,28-29,34-35,37-38,43-44,46-47,52,55,65H,4-6,8-9,11-15,18,21-24,27,30-33,36,39-42,45,48-51,53-54,56-64H2,1-3H3/b10-7+,19-16+,20-17+,28-25+,29-26+,37-34+,38-35+,46-43+,47-44+,55-52+/t65-/m1/s1. The Balaban J connectivity index is 4.55. The van der Waals surface area contributed by atoms with Gasteiger partial charge in [-0.2, -0.15) is 0 Å². The normalized spacial score (nSPS) is 13.0. The van der Waals surface area contributed by atoms with Gasteiger partial charge in [-0.15, -0.1) is 0 Å². The molecule has 0 bridgehead atoms. The SMILES string of the molecule is CC/C=C/C/C=C/C/C=C/C/C=C/C/C=C/C/C=C/CCC(=O)OC[C@@H](COC(=O)CCCCCCCCCCCCCCCCCCCC)OC(=O)CCCCC/C=C/C/C=C/C/C=C/C/C=C/CCCCC. The summed E-state index contributed by atoms with van der Waals surface area (Å²) >= 11 is 0. The molecule has 0 fully saturated rings. The van der Waals surface area contributed by atoms with E-state index in [0.29, 0.717) is 19.3 Å². The lowest BCUT2D eigenvalue weighted by Gasteiger charge is -2.18. The average Bonchev–Trinajstić information content (AvgIpc) is 3.40. The minimum absolute atomic E-state index is 0.115. The summed E-state index contributed by atoms with van der Waals surface area (Å²) in [5.74, 6) is -1.03. The highest BCUT2D eigenvalue weighted by molar-refractivity contribution is 5.71. The number of esters is 3. The van der Waals surface area contributed by atoms with Crippen LogP contribution >= 0.6 is 0 Å². The molecule has 0 spiro atoms. The van der Waals surface area contributed by atoms with Crippen LogP contribution in [-0.2, 0) is 28.6 Å². The van der Waals surface area contributed by atoms with Gasteiger partial charge in [-0.3, -0.25) is 14.4 Å². The molecule has 6 nitrogen and oxygen atoms in total. The van der Waals surface area contributed by atoms with Crippen LogP contribution in [-0.4, -0.2) is 37.2 Å². The molecule has 0 aromatic rings. The van der Waals surface area contributed by atoms with Crippen LogP contribution in [0.25, 0.3) is 0 Å². The molecular weight excluding hydrogens is 913 g/mol. The lowest BCUT2D eigenvalue weighted by atomic mass is 10.0. The Hall–Kier alpha value is -4.19. The Labute approximate surface area is 456 Å². The summed E-state index contributed by atoms with van der Waals surface area (Å²) in [6, 6.07) is 0. The fourth-order valence-electron chi connectivity index (χ4n) is 8.16. The van der Waals surface area contributed by atoms with Crippen LogP contribution in [0, 0.1) is 0 Å². The van der Waals surface area contributed by atoms with Gasteiger partial charge in [-0.25, -0.2) is 0 Å². The molecular formula is C68H112O6. The van der Waals surface area contributed by atoms with Crippen LogP contribution in [0.1, 0.15) is 271 Å². The second kappa shape index (κ2) is 61.4. The van der Waals surface area contributed by atoms with Crippen LogP contribution in [0.15, 0.2) is 122 Å². The van der Waals surface area contributed by atoms with Gasteiger partial charge in [0.05, 0.1) is 0 Å². The molecule has 6 heteroatoms. The Morgan fingerprint density at radius 3 is 0.932 bits per heavy atom. The molecule has 74 heavy (non-hydrogen) atoms. The molecule has 0 aromatic heterocycles. The van der Waals surface area contributed by atoms with Gasteiger partial charge >= 0.3 is 17.9 Å². The van der Waals surface area contributed by atoms with Crippen molar-refractivity contribution in [3.63, 3.8) is 0 Å². The van der Waals surface area contributed by atoms with Crippen LogP contribution in [0.4, 0.5) is 0 Å². The minimum atomic E-state index is -0.828. The molecule has 420 valence electrons. The van der Waals surface area contributed by atoms with E-state index in [-0.39, 0.29) is 44.0 Å². The van der Waals surface area contributed by atoms with Crippen LogP contribution in [0.3, 0.4) is 0 Å². The van der Waals surface area contributed by atoms with Gasteiger partial charge in [0.2, 0.25) is 0 Å². The summed E-state index contributed by atoms with van der Waals surface area (Å²) in [5.41, 5.74) is 0. The van der Waals surface area contributed by atoms with Crippen LogP contribution in [0.2, 0.25) is 0 Å². The van der Waals surface area contributed by atoms with Gasteiger partial charge in [0.25, 0.3) is 0 Å². The zero-order valence-corrected chi connectivity index (χ0v) is 48.1. The first-order valence-electron chi connectivity index (χ1n) is 30.5. The molecule has 0 radical (unpaired) electrons. The summed E-state index contributed by atoms with van der Waals surface area (Å²) < 4.78 is 16.8. The summed E-state index contributed by atoms with van der Waals surface area (Å²) in [5, 5.41) is 0. The largest absolute Gasteiger partial charge is 0.462 e.